The summed E-state index contributed by atoms with van der Waals surface area (Å²) in [5, 5.41) is 1.18. The number of aromatic nitrogens is 2. The molecule has 0 aliphatic rings. The number of nitrogen functional groups attached to an aromatic ring is 1. The fourth-order valence-corrected chi connectivity index (χ4v) is 2.56. The highest BCUT2D eigenvalue weighted by molar-refractivity contribution is 5.95. The third-order valence-electron chi connectivity index (χ3n) is 3.61. The van der Waals surface area contributed by atoms with E-state index in [0.717, 1.165) is 28.8 Å². The van der Waals surface area contributed by atoms with Crippen LogP contribution in [0.25, 0.3) is 22.0 Å². The fourth-order valence-electron chi connectivity index (χ4n) is 2.56. The molecule has 3 aromatic rings. The third kappa shape index (κ3) is 2.01. The minimum absolute atomic E-state index is 0.565. The monoisotopic (exact) mass is 263 g/mol. The summed E-state index contributed by atoms with van der Waals surface area (Å²) in [5.74, 6) is 0.565. The van der Waals surface area contributed by atoms with Gasteiger partial charge in [-0.25, -0.2) is 4.98 Å². The third-order valence-corrected chi connectivity index (χ3v) is 3.61. The summed E-state index contributed by atoms with van der Waals surface area (Å²) in [6.07, 6.45) is 2.71. The molecule has 3 rings (SSSR count). The Morgan fingerprint density at radius 1 is 1.05 bits per heavy atom. The Labute approximate surface area is 118 Å². The topological polar surface area (TPSA) is 51.8 Å². The zero-order valence-corrected chi connectivity index (χ0v) is 11.7. The summed E-state index contributed by atoms with van der Waals surface area (Å²) in [4.78, 5) is 9.00. The smallest absolute Gasteiger partial charge is 0.123 e. The van der Waals surface area contributed by atoms with E-state index in [-0.39, 0.29) is 0 Å². The van der Waals surface area contributed by atoms with Crippen LogP contribution in [0.4, 0.5) is 5.82 Å². The number of nitrogens with zero attached hydrogens (tertiary/aromatic N) is 2. The lowest BCUT2D eigenvalue weighted by atomic mass is 9.98. The normalized spacial score (nSPS) is 10.9. The van der Waals surface area contributed by atoms with Gasteiger partial charge >= 0.3 is 0 Å². The molecule has 3 nitrogen and oxygen atoms in total. The Balaban J connectivity index is 2.33. The van der Waals surface area contributed by atoms with Crippen molar-refractivity contribution in [1.82, 2.24) is 9.97 Å². The number of hydrogen-bond donors (Lipinski definition) is 1. The van der Waals surface area contributed by atoms with Crippen molar-refractivity contribution in [2.24, 2.45) is 0 Å². The zero-order valence-electron chi connectivity index (χ0n) is 11.7. The van der Waals surface area contributed by atoms with Gasteiger partial charge in [-0.2, -0.15) is 0 Å². The number of rotatable bonds is 2. The van der Waals surface area contributed by atoms with Crippen molar-refractivity contribution in [2.45, 2.75) is 20.3 Å². The van der Waals surface area contributed by atoms with Gasteiger partial charge in [0.1, 0.15) is 5.82 Å². The van der Waals surface area contributed by atoms with Crippen molar-refractivity contribution in [1.29, 1.82) is 0 Å². The van der Waals surface area contributed by atoms with Crippen molar-refractivity contribution in [3.8, 4) is 11.1 Å². The molecule has 0 amide bonds. The molecular weight excluding hydrogens is 246 g/mol. The minimum Gasteiger partial charge on any atom is -0.384 e. The summed E-state index contributed by atoms with van der Waals surface area (Å²) >= 11 is 0. The molecule has 0 unspecified atom stereocenters. The summed E-state index contributed by atoms with van der Waals surface area (Å²) < 4.78 is 0. The molecule has 3 heteroatoms. The molecule has 0 saturated carbocycles. The van der Waals surface area contributed by atoms with Crippen LogP contribution in [0.15, 0.2) is 42.6 Å². The maximum atomic E-state index is 5.79. The van der Waals surface area contributed by atoms with Crippen molar-refractivity contribution in [2.75, 3.05) is 5.73 Å². The van der Waals surface area contributed by atoms with Crippen LogP contribution in [0.2, 0.25) is 0 Å². The number of anilines is 1. The first-order valence-corrected chi connectivity index (χ1v) is 6.81. The molecule has 0 bridgehead atoms. The van der Waals surface area contributed by atoms with Gasteiger partial charge in [0.05, 0.1) is 11.2 Å². The molecule has 0 atom stereocenters. The second-order valence-electron chi connectivity index (χ2n) is 4.91. The lowest BCUT2D eigenvalue weighted by molar-refractivity contribution is 1.04. The quantitative estimate of drug-likeness (QED) is 0.766. The van der Waals surface area contributed by atoms with Gasteiger partial charge in [0.2, 0.25) is 0 Å². The molecule has 100 valence electrons. The predicted molar refractivity (Wildman–Crippen MR) is 83.5 cm³/mol. The summed E-state index contributed by atoms with van der Waals surface area (Å²) in [5.41, 5.74) is 11.3. The van der Waals surface area contributed by atoms with Crippen LogP contribution in [-0.2, 0) is 6.42 Å². The van der Waals surface area contributed by atoms with E-state index < -0.39 is 0 Å². The Morgan fingerprint density at radius 2 is 1.90 bits per heavy atom. The highest BCUT2D eigenvalue weighted by atomic mass is 14.8. The summed E-state index contributed by atoms with van der Waals surface area (Å²) in [7, 11) is 0. The summed E-state index contributed by atoms with van der Waals surface area (Å²) in [6, 6.07) is 12.2. The zero-order chi connectivity index (χ0) is 14.1. The van der Waals surface area contributed by atoms with E-state index in [1.54, 1.807) is 0 Å². The van der Waals surface area contributed by atoms with Crippen LogP contribution in [0.1, 0.15) is 18.2 Å². The number of para-hydroxylation sites is 1. The van der Waals surface area contributed by atoms with E-state index in [1.807, 2.05) is 24.4 Å². The van der Waals surface area contributed by atoms with Gasteiger partial charge < -0.3 is 5.73 Å². The van der Waals surface area contributed by atoms with Crippen LogP contribution >= 0.6 is 0 Å². The first kappa shape index (κ1) is 12.6. The van der Waals surface area contributed by atoms with E-state index in [0.29, 0.717) is 5.82 Å². The van der Waals surface area contributed by atoms with Gasteiger partial charge in [-0.3, -0.25) is 4.98 Å². The average Bonchev–Trinajstić information content (AvgIpc) is 2.47. The molecule has 2 N–H and O–H groups in total. The molecule has 0 aliphatic carbocycles. The van der Waals surface area contributed by atoms with Crippen LogP contribution in [0.3, 0.4) is 0 Å². The molecule has 0 fully saturated rings. The maximum absolute atomic E-state index is 5.79. The molecule has 0 radical (unpaired) electrons. The fraction of sp³-hybridized carbons (Fsp3) is 0.176. The molecule has 0 aliphatic heterocycles. The Hall–Kier alpha value is -2.42. The summed E-state index contributed by atoms with van der Waals surface area (Å²) in [6.45, 7) is 4.20. The number of pyridine rings is 2. The van der Waals surface area contributed by atoms with Crippen LogP contribution in [0, 0.1) is 6.92 Å². The number of fused-ring (bicyclic) bond motifs is 1. The van der Waals surface area contributed by atoms with E-state index >= 15 is 0 Å². The molecule has 2 aromatic heterocycles. The molecule has 20 heavy (non-hydrogen) atoms. The van der Waals surface area contributed by atoms with Crippen molar-refractivity contribution in [3.05, 3.63) is 53.9 Å². The van der Waals surface area contributed by atoms with E-state index in [9.17, 15) is 0 Å². The van der Waals surface area contributed by atoms with Gasteiger partial charge in [-0.05, 0) is 37.1 Å². The van der Waals surface area contributed by atoms with Gasteiger partial charge in [0.25, 0.3) is 0 Å². The van der Waals surface area contributed by atoms with Crippen molar-refractivity contribution in [3.63, 3.8) is 0 Å². The predicted octanol–water partition coefficient (Wildman–Crippen LogP) is 3.75. The lowest BCUT2D eigenvalue weighted by Crippen LogP contribution is -1.98. The molecule has 0 spiro atoms. The van der Waals surface area contributed by atoms with E-state index in [2.05, 4.69) is 42.0 Å². The number of hydrogen-bond acceptors (Lipinski definition) is 3. The second kappa shape index (κ2) is 4.93. The van der Waals surface area contributed by atoms with Crippen LogP contribution < -0.4 is 5.73 Å². The maximum Gasteiger partial charge on any atom is 0.123 e. The minimum atomic E-state index is 0.565. The average molecular weight is 263 g/mol. The van der Waals surface area contributed by atoms with E-state index in [1.165, 1.54) is 10.9 Å². The van der Waals surface area contributed by atoms with Crippen LogP contribution in [-0.4, -0.2) is 9.97 Å². The highest BCUT2D eigenvalue weighted by Gasteiger charge is 2.10. The molecular formula is C17H17N3. The van der Waals surface area contributed by atoms with Crippen molar-refractivity contribution >= 4 is 16.7 Å². The van der Waals surface area contributed by atoms with Gasteiger partial charge in [-0.1, -0.05) is 25.1 Å². The molecule has 0 saturated heterocycles. The van der Waals surface area contributed by atoms with Gasteiger partial charge in [0, 0.05) is 22.7 Å². The largest absolute Gasteiger partial charge is 0.384 e. The highest BCUT2D eigenvalue weighted by Crippen LogP contribution is 2.30. The SMILES string of the molecule is CCc1nc(N)ccc1-c1cccc2c(C)ccnc12. The first-order valence-electron chi connectivity index (χ1n) is 6.81. The lowest BCUT2D eigenvalue weighted by Gasteiger charge is -2.11. The number of benzene rings is 1. The Morgan fingerprint density at radius 3 is 2.70 bits per heavy atom. The first-order chi connectivity index (χ1) is 9.70. The van der Waals surface area contributed by atoms with E-state index in [4.69, 9.17) is 5.73 Å². The molecule has 2 heterocycles. The number of nitrogens with two attached hydrogens (primary N) is 1. The van der Waals surface area contributed by atoms with Gasteiger partial charge in [0.15, 0.2) is 0 Å². The standard InChI is InChI=1S/C17H17N3/c1-3-15-13(7-8-16(18)20-15)14-6-4-5-12-11(2)9-10-19-17(12)14/h4-10H,3H2,1-2H3,(H2,18,20). The Bertz CT molecular complexity index is 778. The van der Waals surface area contributed by atoms with Gasteiger partial charge in [-0.15, -0.1) is 0 Å². The Kier molecular flexibility index (Phi) is 3.11. The number of aryl methyl sites for hydroxylation is 2. The van der Waals surface area contributed by atoms with Crippen LogP contribution in [0.5, 0.6) is 0 Å². The van der Waals surface area contributed by atoms with Crippen molar-refractivity contribution < 1.29 is 0 Å². The molecule has 1 aromatic carbocycles. The second-order valence-corrected chi connectivity index (χ2v) is 4.91.